The zero-order valence-corrected chi connectivity index (χ0v) is 28.9. The van der Waals surface area contributed by atoms with Gasteiger partial charge in [-0.05, 0) is 143 Å². The van der Waals surface area contributed by atoms with Crippen molar-refractivity contribution in [3.05, 3.63) is 0 Å². The van der Waals surface area contributed by atoms with Gasteiger partial charge in [-0.3, -0.25) is 9.59 Å². The normalized spacial score (nSPS) is 47.8. The van der Waals surface area contributed by atoms with Crippen molar-refractivity contribution < 1.29 is 19.1 Å². The average Bonchev–Trinajstić information content (AvgIpc) is 3.47. The molecule has 3 saturated heterocycles. The van der Waals surface area contributed by atoms with Gasteiger partial charge in [0.2, 0.25) is 11.8 Å². The molecule has 7 nitrogen and oxygen atoms in total. The Kier molecular flexibility index (Phi) is 9.13. The lowest BCUT2D eigenvalue weighted by molar-refractivity contribution is -0.273. The van der Waals surface area contributed by atoms with E-state index in [-0.39, 0.29) is 30.1 Å². The van der Waals surface area contributed by atoms with Crippen LogP contribution >= 0.6 is 0 Å². The molecule has 7 fully saturated rings. The van der Waals surface area contributed by atoms with Crippen molar-refractivity contribution in [3.63, 3.8) is 0 Å². The van der Waals surface area contributed by atoms with E-state index in [9.17, 15) is 9.59 Å². The first-order valence-electron chi connectivity index (χ1n) is 19.2. The molecule has 0 aromatic rings. The zero-order chi connectivity index (χ0) is 31.4. The van der Waals surface area contributed by atoms with Crippen molar-refractivity contribution in [3.8, 4) is 0 Å². The molecule has 0 bridgehead atoms. The minimum absolute atomic E-state index is 0.0404. The molecule has 1 unspecified atom stereocenters. The highest BCUT2D eigenvalue weighted by atomic mass is 16.7. The van der Waals surface area contributed by atoms with Crippen LogP contribution in [0.25, 0.3) is 0 Å². The number of carbonyl (C=O) groups is 2. The molecule has 0 aromatic heterocycles. The van der Waals surface area contributed by atoms with E-state index in [1.54, 1.807) is 0 Å². The van der Waals surface area contributed by atoms with Gasteiger partial charge in [0.15, 0.2) is 5.79 Å². The lowest BCUT2D eigenvalue weighted by atomic mass is 9.44. The van der Waals surface area contributed by atoms with Gasteiger partial charge in [-0.1, -0.05) is 34.1 Å². The highest BCUT2D eigenvalue weighted by Gasteiger charge is 2.69. The van der Waals surface area contributed by atoms with Gasteiger partial charge in [0, 0.05) is 24.9 Å². The molecular formula is C38H63N3O4. The Morgan fingerprint density at radius 3 is 2.44 bits per heavy atom. The lowest BCUT2D eigenvalue weighted by Gasteiger charge is -2.61. The number of nitrogens with one attached hydrogen (secondary N) is 2. The number of fused-ring (bicyclic) bond motifs is 7. The summed E-state index contributed by atoms with van der Waals surface area (Å²) >= 11 is 0. The number of hydrogen-bond acceptors (Lipinski definition) is 5. The minimum Gasteiger partial charge on any atom is -0.356 e. The van der Waals surface area contributed by atoms with Crippen LogP contribution in [0.5, 0.6) is 0 Å². The molecule has 12 atom stereocenters. The molecule has 1 spiro atoms. The average molecular weight is 626 g/mol. The van der Waals surface area contributed by atoms with Gasteiger partial charge >= 0.3 is 0 Å². The van der Waals surface area contributed by atoms with Gasteiger partial charge in [-0.15, -0.1) is 0 Å². The maximum Gasteiger partial charge on any atom is 0.229 e. The van der Waals surface area contributed by atoms with Crippen molar-refractivity contribution >= 4 is 11.8 Å². The van der Waals surface area contributed by atoms with Crippen LogP contribution in [-0.2, 0) is 19.1 Å². The summed E-state index contributed by atoms with van der Waals surface area (Å²) in [7, 11) is 0. The monoisotopic (exact) mass is 625 g/mol. The first-order chi connectivity index (χ1) is 21.6. The summed E-state index contributed by atoms with van der Waals surface area (Å²) in [5.74, 6) is 4.23. The van der Waals surface area contributed by atoms with Gasteiger partial charge in [0.05, 0.1) is 12.7 Å². The van der Waals surface area contributed by atoms with Crippen LogP contribution in [-0.4, -0.2) is 67.4 Å². The fraction of sp³-hybridized carbons (Fsp3) is 0.947. The van der Waals surface area contributed by atoms with E-state index in [2.05, 4.69) is 43.2 Å². The molecule has 3 aliphatic heterocycles. The molecule has 0 aromatic carbocycles. The van der Waals surface area contributed by atoms with Crippen LogP contribution < -0.4 is 10.6 Å². The number of hydrogen-bond donors (Lipinski definition) is 2. The van der Waals surface area contributed by atoms with Crippen LogP contribution in [0.2, 0.25) is 0 Å². The predicted octanol–water partition coefficient (Wildman–Crippen LogP) is 6.30. The third kappa shape index (κ3) is 5.92. The van der Waals surface area contributed by atoms with Crippen LogP contribution in [0.15, 0.2) is 0 Å². The number of likely N-dealkylation sites (tertiary alicyclic amines) is 1. The van der Waals surface area contributed by atoms with Crippen molar-refractivity contribution in [1.29, 1.82) is 0 Å². The fourth-order valence-electron chi connectivity index (χ4n) is 12.6. The van der Waals surface area contributed by atoms with Crippen LogP contribution in [0.4, 0.5) is 0 Å². The molecule has 7 rings (SSSR count). The second kappa shape index (κ2) is 12.7. The Balaban J connectivity index is 0.898. The van der Waals surface area contributed by atoms with Crippen LogP contribution in [0.1, 0.15) is 124 Å². The largest absolute Gasteiger partial charge is 0.356 e. The van der Waals surface area contributed by atoms with Crippen molar-refractivity contribution in [1.82, 2.24) is 15.5 Å². The summed E-state index contributed by atoms with van der Waals surface area (Å²) in [6.07, 6.45) is 17.3. The Morgan fingerprint density at radius 2 is 1.67 bits per heavy atom. The molecule has 7 aliphatic rings. The summed E-state index contributed by atoms with van der Waals surface area (Å²) in [4.78, 5) is 27.9. The smallest absolute Gasteiger partial charge is 0.229 e. The molecule has 7 heteroatoms. The Morgan fingerprint density at radius 1 is 0.867 bits per heavy atom. The van der Waals surface area contributed by atoms with Gasteiger partial charge < -0.3 is 25.0 Å². The molecule has 4 aliphatic carbocycles. The second-order valence-electron chi connectivity index (χ2n) is 17.5. The lowest BCUT2D eigenvalue weighted by Crippen LogP contribution is -2.56. The number of carbonyl (C=O) groups excluding carboxylic acids is 2. The number of rotatable bonds is 7. The van der Waals surface area contributed by atoms with E-state index in [1.807, 2.05) is 0 Å². The first kappa shape index (κ1) is 32.4. The molecular weight excluding hydrogens is 562 g/mol. The van der Waals surface area contributed by atoms with Gasteiger partial charge in [-0.25, -0.2) is 0 Å². The van der Waals surface area contributed by atoms with Crippen molar-refractivity contribution in [2.45, 2.75) is 142 Å². The summed E-state index contributed by atoms with van der Waals surface area (Å²) < 4.78 is 13.5. The Labute approximate surface area is 273 Å². The second-order valence-corrected chi connectivity index (χ2v) is 17.5. The number of ether oxygens (including phenoxy) is 2. The number of amides is 2. The van der Waals surface area contributed by atoms with E-state index in [0.717, 1.165) is 56.6 Å². The zero-order valence-electron chi connectivity index (χ0n) is 28.9. The molecule has 4 saturated carbocycles. The number of nitrogens with zero attached hydrogens (tertiary/aromatic N) is 1. The SMILES string of the molecule is C[C@@H]1CC[C@@]2(OC1)O[C@H]1C[C@H]3[C@@H]4CC[C@@H]5CC(NC(=O)CC(=O)NCCCN6CCCCC6)CC[C@]5(C)[C@H]4CC[C@]3(C)[C@H]1[C@@H]2C. The van der Waals surface area contributed by atoms with E-state index >= 15 is 0 Å². The minimum atomic E-state index is -0.327. The standard InChI is InChI=1S/C38H63N3O4/c1-25-11-16-38(44-24-25)26(2)35-32(45-38)22-31-29-10-9-27-21-28(12-14-36(27,3)30(29)13-15-37(31,35)4)40-34(43)23-33(42)39-17-8-20-41-18-6-5-7-19-41/h25-32,35H,5-24H2,1-4H3,(H,39,42)(H,40,43)/t25-,26+,27-,28?,29-,30+,31+,32+,35+,36+,37+,38-/m1/s1. The highest BCUT2D eigenvalue weighted by Crippen LogP contribution is 2.71. The quantitative estimate of drug-likeness (QED) is 0.257. The number of piperidine rings is 1. The van der Waals surface area contributed by atoms with E-state index < -0.39 is 0 Å². The summed E-state index contributed by atoms with van der Waals surface area (Å²) in [6, 6.07) is 0.211. The maximum atomic E-state index is 12.9. The van der Waals surface area contributed by atoms with Gasteiger partial charge in [0.25, 0.3) is 0 Å². The third-order valence-electron chi connectivity index (χ3n) is 15.0. The van der Waals surface area contributed by atoms with E-state index in [1.165, 1.54) is 77.3 Å². The van der Waals surface area contributed by atoms with Crippen molar-refractivity contribution in [2.75, 3.05) is 32.8 Å². The molecule has 45 heavy (non-hydrogen) atoms. The summed E-state index contributed by atoms with van der Waals surface area (Å²) in [5.41, 5.74) is 0.731. The fourth-order valence-corrected chi connectivity index (χ4v) is 12.6. The summed E-state index contributed by atoms with van der Waals surface area (Å²) in [6.45, 7) is 14.9. The Bertz CT molecular complexity index is 1080. The van der Waals surface area contributed by atoms with Gasteiger partial charge in [-0.2, -0.15) is 0 Å². The highest BCUT2D eigenvalue weighted by molar-refractivity contribution is 5.96. The van der Waals surface area contributed by atoms with E-state index in [0.29, 0.717) is 47.2 Å². The first-order valence-corrected chi connectivity index (χ1v) is 19.2. The molecule has 254 valence electrons. The molecule has 3 heterocycles. The van der Waals surface area contributed by atoms with Crippen LogP contribution in [0, 0.1) is 52.3 Å². The molecule has 0 radical (unpaired) electrons. The predicted molar refractivity (Wildman–Crippen MR) is 176 cm³/mol. The van der Waals surface area contributed by atoms with E-state index in [4.69, 9.17) is 9.47 Å². The van der Waals surface area contributed by atoms with Crippen LogP contribution in [0.3, 0.4) is 0 Å². The molecule has 2 amide bonds. The third-order valence-corrected chi connectivity index (χ3v) is 15.0. The topological polar surface area (TPSA) is 79.9 Å². The molecule has 2 N–H and O–H groups in total. The Hall–Kier alpha value is -1.18. The maximum absolute atomic E-state index is 12.9. The van der Waals surface area contributed by atoms with Crippen molar-refractivity contribution in [2.24, 2.45) is 52.3 Å². The summed E-state index contributed by atoms with van der Waals surface area (Å²) in [5, 5.41) is 6.27. The van der Waals surface area contributed by atoms with Gasteiger partial charge in [0.1, 0.15) is 6.42 Å².